The smallest absolute Gasteiger partial charge is 0.00915 e. The maximum atomic E-state index is 3.82. The van der Waals surface area contributed by atoms with E-state index in [-0.39, 0.29) is 0 Å². The van der Waals surface area contributed by atoms with Crippen molar-refractivity contribution in [3.05, 3.63) is 0 Å². The molecular formula is C16H34N2. The first kappa shape index (κ1) is 16.0. The summed E-state index contributed by atoms with van der Waals surface area (Å²) in [5, 5.41) is 3.82. The Bertz CT molecular complexity index is 197. The summed E-state index contributed by atoms with van der Waals surface area (Å²) in [5.41, 5.74) is 0. The van der Waals surface area contributed by atoms with E-state index in [4.69, 9.17) is 0 Å². The first-order chi connectivity index (χ1) is 8.54. The van der Waals surface area contributed by atoms with Crippen molar-refractivity contribution in [1.82, 2.24) is 10.2 Å². The molecule has 1 N–H and O–H groups in total. The fourth-order valence-corrected chi connectivity index (χ4v) is 3.22. The first-order valence-corrected chi connectivity index (χ1v) is 8.00. The molecule has 108 valence electrons. The lowest BCUT2D eigenvalue weighted by Gasteiger charge is -2.34. The summed E-state index contributed by atoms with van der Waals surface area (Å²) in [5.74, 6) is 2.40. The van der Waals surface area contributed by atoms with Gasteiger partial charge in [-0.05, 0) is 63.2 Å². The summed E-state index contributed by atoms with van der Waals surface area (Å²) < 4.78 is 0. The van der Waals surface area contributed by atoms with E-state index in [1.54, 1.807) is 0 Å². The standard InChI is InChI=1S/C16H34N2/c1-6-9-18-10-7-15(8-11-18)17-12-16(13(2)3)14(4)5/h13-17H,6-12H2,1-5H3. The summed E-state index contributed by atoms with van der Waals surface area (Å²) in [7, 11) is 0. The van der Waals surface area contributed by atoms with Gasteiger partial charge in [-0.1, -0.05) is 34.6 Å². The maximum absolute atomic E-state index is 3.82. The van der Waals surface area contributed by atoms with E-state index < -0.39 is 0 Å². The lowest BCUT2D eigenvalue weighted by atomic mass is 9.85. The van der Waals surface area contributed by atoms with Gasteiger partial charge in [0.05, 0.1) is 0 Å². The highest BCUT2D eigenvalue weighted by Crippen LogP contribution is 2.20. The third-order valence-electron chi connectivity index (χ3n) is 4.48. The van der Waals surface area contributed by atoms with E-state index in [1.165, 1.54) is 45.4 Å². The van der Waals surface area contributed by atoms with Crippen molar-refractivity contribution in [2.45, 2.75) is 59.9 Å². The molecule has 2 heteroatoms. The molecule has 2 nitrogen and oxygen atoms in total. The van der Waals surface area contributed by atoms with Gasteiger partial charge in [0.2, 0.25) is 0 Å². The first-order valence-electron chi connectivity index (χ1n) is 8.00. The maximum Gasteiger partial charge on any atom is 0.00915 e. The van der Waals surface area contributed by atoms with Gasteiger partial charge in [0, 0.05) is 6.04 Å². The molecule has 0 saturated carbocycles. The molecule has 1 fully saturated rings. The Morgan fingerprint density at radius 1 is 1.06 bits per heavy atom. The highest BCUT2D eigenvalue weighted by Gasteiger charge is 2.21. The zero-order valence-corrected chi connectivity index (χ0v) is 13.2. The van der Waals surface area contributed by atoms with Crippen molar-refractivity contribution in [3.8, 4) is 0 Å². The van der Waals surface area contributed by atoms with Gasteiger partial charge in [-0.25, -0.2) is 0 Å². The van der Waals surface area contributed by atoms with Crippen LogP contribution in [0.15, 0.2) is 0 Å². The van der Waals surface area contributed by atoms with E-state index in [0.29, 0.717) is 0 Å². The van der Waals surface area contributed by atoms with Crippen molar-refractivity contribution >= 4 is 0 Å². The molecule has 0 radical (unpaired) electrons. The summed E-state index contributed by atoms with van der Waals surface area (Å²) in [6.45, 7) is 16.8. The van der Waals surface area contributed by atoms with Gasteiger partial charge < -0.3 is 10.2 Å². The van der Waals surface area contributed by atoms with Crippen LogP contribution in [-0.4, -0.2) is 37.1 Å². The van der Waals surface area contributed by atoms with Crippen LogP contribution in [0.5, 0.6) is 0 Å². The molecule has 1 heterocycles. The van der Waals surface area contributed by atoms with Crippen molar-refractivity contribution in [2.75, 3.05) is 26.2 Å². The Morgan fingerprint density at radius 2 is 1.61 bits per heavy atom. The van der Waals surface area contributed by atoms with E-state index in [1.807, 2.05) is 0 Å². The molecule has 0 amide bonds. The number of rotatable bonds is 7. The molecule has 0 bridgehead atoms. The molecule has 1 saturated heterocycles. The minimum absolute atomic E-state index is 0.762. The molecule has 18 heavy (non-hydrogen) atoms. The summed E-state index contributed by atoms with van der Waals surface area (Å²) in [4.78, 5) is 2.61. The lowest BCUT2D eigenvalue weighted by Crippen LogP contribution is -2.45. The Labute approximate surface area is 115 Å². The van der Waals surface area contributed by atoms with Crippen LogP contribution in [0.1, 0.15) is 53.9 Å². The Kier molecular flexibility index (Phi) is 7.25. The Morgan fingerprint density at radius 3 is 2.06 bits per heavy atom. The van der Waals surface area contributed by atoms with Gasteiger partial charge in [-0.2, -0.15) is 0 Å². The molecule has 0 aromatic carbocycles. The monoisotopic (exact) mass is 254 g/mol. The second-order valence-electron chi connectivity index (χ2n) is 6.68. The van der Waals surface area contributed by atoms with Crippen molar-refractivity contribution in [2.24, 2.45) is 17.8 Å². The molecule has 0 atom stereocenters. The SMILES string of the molecule is CCCN1CCC(NCC(C(C)C)C(C)C)CC1. The van der Waals surface area contributed by atoms with Crippen LogP contribution in [0.2, 0.25) is 0 Å². The minimum atomic E-state index is 0.762. The number of nitrogens with one attached hydrogen (secondary N) is 1. The van der Waals surface area contributed by atoms with E-state index in [2.05, 4.69) is 44.8 Å². The number of hydrogen-bond donors (Lipinski definition) is 1. The quantitative estimate of drug-likeness (QED) is 0.749. The third-order valence-corrected chi connectivity index (χ3v) is 4.48. The number of likely N-dealkylation sites (tertiary alicyclic amines) is 1. The van der Waals surface area contributed by atoms with Crippen molar-refractivity contribution in [1.29, 1.82) is 0 Å². The molecule has 0 unspecified atom stereocenters. The molecular weight excluding hydrogens is 220 g/mol. The molecule has 1 rings (SSSR count). The van der Waals surface area contributed by atoms with Crippen LogP contribution >= 0.6 is 0 Å². The molecule has 0 aliphatic carbocycles. The topological polar surface area (TPSA) is 15.3 Å². The predicted molar refractivity (Wildman–Crippen MR) is 80.9 cm³/mol. The molecule has 0 aromatic heterocycles. The minimum Gasteiger partial charge on any atom is -0.314 e. The highest BCUT2D eigenvalue weighted by molar-refractivity contribution is 4.79. The average Bonchev–Trinajstić information content (AvgIpc) is 2.31. The van der Waals surface area contributed by atoms with E-state index in [9.17, 15) is 0 Å². The predicted octanol–water partition coefficient (Wildman–Crippen LogP) is 3.38. The molecule has 0 aromatic rings. The van der Waals surface area contributed by atoms with Crippen LogP contribution in [0.25, 0.3) is 0 Å². The zero-order valence-electron chi connectivity index (χ0n) is 13.2. The summed E-state index contributed by atoms with van der Waals surface area (Å²) in [6, 6.07) is 0.762. The molecule has 0 spiro atoms. The average molecular weight is 254 g/mol. The fourth-order valence-electron chi connectivity index (χ4n) is 3.22. The van der Waals surface area contributed by atoms with Crippen LogP contribution in [-0.2, 0) is 0 Å². The second-order valence-corrected chi connectivity index (χ2v) is 6.68. The lowest BCUT2D eigenvalue weighted by molar-refractivity contribution is 0.184. The number of piperidine rings is 1. The molecule has 1 aliphatic rings. The van der Waals surface area contributed by atoms with Gasteiger partial charge in [0.15, 0.2) is 0 Å². The zero-order chi connectivity index (χ0) is 13.5. The van der Waals surface area contributed by atoms with Gasteiger partial charge >= 0.3 is 0 Å². The van der Waals surface area contributed by atoms with Gasteiger partial charge in [-0.3, -0.25) is 0 Å². The van der Waals surface area contributed by atoms with Crippen molar-refractivity contribution < 1.29 is 0 Å². The van der Waals surface area contributed by atoms with Gasteiger partial charge in [-0.15, -0.1) is 0 Å². The highest BCUT2D eigenvalue weighted by atomic mass is 15.1. The Hall–Kier alpha value is -0.0800. The summed E-state index contributed by atoms with van der Waals surface area (Å²) in [6.07, 6.45) is 3.96. The second kappa shape index (κ2) is 8.16. The van der Waals surface area contributed by atoms with Crippen LogP contribution in [0, 0.1) is 17.8 Å². The van der Waals surface area contributed by atoms with Gasteiger partial charge in [0.25, 0.3) is 0 Å². The fraction of sp³-hybridized carbons (Fsp3) is 1.00. The largest absolute Gasteiger partial charge is 0.314 e. The van der Waals surface area contributed by atoms with Crippen molar-refractivity contribution in [3.63, 3.8) is 0 Å². The normalized spacial score (nSPS) is 19.3. The number of nitrogens with zero attached hydrogens (tertiary/aromatic N) is 1. The van der Waals surface area contributed by atoms with E-state index >= 15 is 0 Å². The third kappa shape index (κ3) is 5.27. The summed E-state index contributed by atoms with van der Waals surface area (Å²) >= 11 is 0. The Balaban J connectivity index is 2.24. The van der Waals surface area contributed by atoms with Crippen LogP contribution in [0.3, 0.4) is 0 Å². The molecule has 1 aliphatic heterocycles. The van der Waals surface area contributed by atoms with Crippen LogP contribution < -0.4 is 5.32 Å². The van der Waals surface area contributed by atoms with Gasteiger partial charge in [0.1, 0.15) is 0 Å². The van der Waals surface area contributed by atoms with Crippen LogP contribution in [0.4, 0.5) is 0 Å². The van der Waals surface area contributed by atoms with E-state index in [0.717, 1.165) is 23.8 Å². The number of hydrogen-bond acceptors (Lipinski definition) is 2.